The van der Waals surface area contributed by atoms with Crippen LogP contribution in [0.3, 0.4) is 0 Å². The molecule has 20 heavy (non-hydrogen) atoms. The summed E-state index contributed by atoms with van der Waals surface area (Å²) in [7, 11) is -2.19. The smallest absolute Gasteiger partial charge is 0.330 e. The fourth-order valence-corrected chi connectivity index (χ4v) is 8.10. The van der Waals surface area contributed by atoms with Gasteiger partial charge in [-0.3, -0.25) is 4.79 Å². The highest BCUT2D eigenvalue weighted by molar-refractivity contribution is 6.78. The van der Waals surface area contributed by atoms with Gasteiger partial charge in [0.15, 0.2) is 0 Å². The molecular weight excluding hydrogens is 272 g/mol. The maximum atomic E-state index is 12.0. The number of hydrogen-bond donors (Lipinski definition) is 0. The van der Waals surface area contributed by atoms with Crippen molar-refractivity contribution < 1.29 is 18.8 Å². The van der Waals surface area contributed by atoms with Gasteiger partial charge in [-0.15, -0.1) is 0 Å². The van der Waals surface area contributed by atoms with E-state index in [2.05, 4.69) is 48.1 Å². The first-order valence-electron chi connectivity index (χ1n) is 7.19. The van der Waals surface area contributed by atoms with Crippen molar-refractivity contribution in [2.75, 3.05) is 6.61 Å². The van der Waals surface area contributed by atoms with E-state index in [0.717, 1.165) is 6.08 Å². The van der Waals surface area contributed by atoms with E-state index < -0.39 is 14.3 Å². The molecule has 0 saturated heterocycles. The number of esters is 1. The van der Waals surface area contributed by atoms with Gasteiger partial charge in [-0.1, -0.05) is 48.1 Å². The number of rotatable bonds is 8. The van der Waals surface area contributed by atoms with Gasteiger partial charge >= 0.3 is 5.97 Å². The predicted molar refractivity (Wildman–Crippen MR) is 82.9 cm³/mol. The number of carbonyl (C=O) groups is 2. The Balaban J connectivity index is 4.71. The van der Waals surface area contributed by atoms with Crippen LogP contribution in [0.1, 0.15) is 48.0 Å². The molecule has 0 bridgehead atoms. The summed E-state index contributed by atoms with van der Waals surface area (Å²) >= 11 is 0. The number of ether oxygens (including phenoxy) is 1. The summed E-state index contributed by atoms with van der Waals surface area (Å²) in [4.78, 5) is 23.0. The number of carbonyl (C=O) groups excluding carboxylic acids is 2. The molecule has 0 aromatic rings. The average molecular weight is 300 g/mol. The van der Waals surface area contributed by atoms with Gasteiger partial charge in [0.05, 0.1) is 6.42 Å². The average Bonchev–Trinajstić information content (AvgIpc) is 2.34. The topological polar surface area (TPSA) is 52.6 Å². The predicted octanol–water partition coefficient (Wildman–Crippen LogP) is 3.82. The molecule has 0 aromatic heterocycles. The van der Waals surface area contributed by atoms with E-state index in [-0.39, 0.29) is 19.0 Å². The van der Waals surface area contributed by atoms with Crippen LogP contribution in [0, 0.1) is 0 Å². The summed E-state index contributed by atoms with van der Waals surface area (Å²) in [5, 5.41) is 0. The molecule has 4 nitrogen and oxygen atoms in total. The van der Waals surface area contributed by atoms with Gasteiger partial charge in [0.25, 0.3) is 14.3 Å². The fourth-order valence-electron chi connectivity index (χ4n) is 2.90. The maximum absolute atomic E-state index is 12.0. The van der Waals surface area contributed by atoms with Crippen molar-refractivity contribution >= 4 is 20.3 Å². The summed E-state index contributed by atoms with van der Waals surface area (Å²) in [5.41, 5.74) is 1.05. The van der Waals surface area contributed by atoms with Gasteiger partial charge in [-0.05, 0) is 16.6 Å². The summed E-state index contributed by atoms with van der Waals surface area (Å²) in [6.45, 7) is 16.1. The zero-order valence-corrected chi connectivity index (χ0v) is 14.6. The highest BCUT2D eigenvalue weighted by Gasteiger charge is 2.48. The molecular formula is C15H28O4Si. The lowest BCUT2D eigenvalue weighted by Gasteiger charge is -2.41. The molecule has 116 valence electrons. The minimum atomic E-state index is -2.19. The molecule has 0 spiro atoms. The van der Waals surface area contributed by atoms with E-state index in [4.69, 9.17) is 9.16 Å². The second-order valence-electron chi connectivity index (χ2n) is 5.91. The Morgan fingerprint density at radius 3 is 1.85 bits per heavy atom. The van der Waals surface area contributed by atoms with Gasteiger partial charge < -0.3 is 9.16 Å². The van der Waals surface area contributed by atoms with Crippen LogP contribution in [0.5, 0.6) is 0 Å². The molecule has 0 aliphatic heterocycles. The van der Waals surface area contributed by atoms with Gasteiger partial charge in [0.1, 0.15) is 6.61 Å². The van der Waals surface area contributed by atoms with Crippen molar-refractivity contribution in [3.8, 4) is 0 Å². The summed E-state index contributed by atoms with van der Waals surface area (Å²) in [5.74, 6) is -0.789. The Bertz CT molecular complexity index is 326. The Hall–Kier alpha value is -1.10. The lowest BCUT2D eigenvalue weighted by molar-refractivity contribution is -0.142. The first-order chi connectivity index (χ1) is 9.18. The van der Waals surface area contributed by atoms with E-state index in [1.165, 1.54) is 0 Å². The van der Waals surface area contributed by atoms with Gasteiger partial charge in [0, 0.05) is 6.08 Å². The van der Waals surface area contributed by atoms with Crippen LogP contribution in [0.2, 0.25) is 16.6 Å². The normalized spacial score (nSPS) is 11.8. The third-order valence-electron chi connectivity index (χ3n) is 3.71. The Morgan fingerprint density at radius 2 is 1.50 bits per heavy atom. The monoisotopic (exact) mass is 300 g/mol. The van der Waals surface area contributed by atoms with E-state index in [1.54, 1.807) is 0 Å². The highest BCUT2D eigenvalue weighted by Crippen LogP contribution is 2.42. The van der Waals surface area contributed by atoms with Crippen LogP contribution in [0.15, 0.2) is 12.7 Å². The molecule has 0 rings (SSSR count). The van der Waals surface area contributed by atoms with Crippen molar-refractivity contribution in [1.82, 2.24) is 0 Å². The number of hydrogen-bond acceptors (Lipinski definition) is 4. The van der Waals surface area contributed by atoms with Crippen LogP contribution in [0.4, 0.5) is 0 Å². The van der Waals surface area contributed by atoms with Crippen LogP contribution in [-0.2, 0) is 18.8 Å². The fraction of sp³-hybridized carbons (Fsp3) is 0.733. The van der Waals surface area contributed by atoms with Gasteiger partial charge in [-0.25, -0.2) is 4.79 Å². The first kappa shape index (κ1) is 18.9. The molecule has 0 fully saturated rings. The van der Waals surface area contributed by atoms with Crippen molar-refractivity contribution in [2.45, 2.75) is 64.6 Å². The summed E-state index contributed by atoms with van der Waals surface area (Å²) in [6.07, 6.45) is 1.18. The van der Waals surface area contributed by atoms with Gasteiger partial charge in [-0.2, -0.15) is 0 Å². The van der Waals surface area contributed by atoms with Crippen molar-refractivity contribution in [3.63, 3.8) is 0 Å². The zero-order chi connectivity index (χ0) is 15.9. The van der Waals surface area contributed by atoms with E-state index >= 15 is 0 Å². The SMILES string of the molecule is C=CC(=O)OCCC(=O)O[Si](C(C)C)(C(C)C)C(C)C. The minimum Gasteiger partial charge on any atom is -0.518 e. The molecule has 0 saturated carbocycles. The summed E-state index contributed by atoms with van der Waals surface area (Å²) < 4.78 is 10.7. The van der Waals surface area contributed by atoms with E-state index in [1.807, 2.05) is 0 Å². The third kappa shape index (κ3) is 4.78. The molecule has 0 heterocycles. The van der Waals surface area contributed by atoms with Crippen LogP contribution >= 0.6 is 0 Å². The molecule has 0 N–H and O–H groups in total. The molecule has 0 amide bonds. The van der Waals surface area contributed by atoms with Crippen LogP contribution in [0.25, 0.3) is 0 Å². The zero-order valence-electron chi connectivity index (χ0n) is 13.6. The van der Waals surface area contributed by atoms with E-state index in [9.17, 15) is 9.59 Å². The van der Waals surface area contributed by atoms with Crippen molar-refractivity contribution in [3.05, 3.63) is 12.7 Å². The second kappa shape index (κ2) is 8.24. The van der Waals surface area contributed by atoms with Gasteiger partial charge in [0.2, 0.25) is 0 Å². The first-order valence-corrected chi connectivity index (χ1v) is 9.33. The van der Waals surface area contributed by atoms with Crippen LogP contribution < -0.4 is 0 Å². The molecule has 0 atom stereocenters. The molecule has 0 radical (unpaired) electrons. The molecule has 0 aliphatic rings. The quantitative estimate of drug-likeness (QED) is 0.388. The molecule has 0 aliphatic carbocycles. The Labute approximate surface area is 123 Å². The third-order valence-corrected chi connectivity index (χ3v) is 9.71. The second-order valence-corrected chi connectivity index (χ2v) is 11.3. The Kier molecular flexibility index (Phi) is 7.79. The minimum absolute atomic E-state index is 0.0441. The Morgan fingerprint density at radius 1 is 1.05 bits per heavy atom. The summed E-state index contributed by atoms with van der Waals surface area (Å²) in [6, 6.07) is 0. The molecule has 5 heteroatoms. The lowest BCUT2D eigenvalue weighted by atomic mass is 10.5. The van der Waals surface area contributed by atoms with Crippen LogP contribution in [-0.4, -0.2) is 26.9 Å². The standard InChI is InChI=1S/C15H28O4Si/c1-8-14(16)18-10-9-15(17)19-20(11(2)3,12(4)5)13(6)7/h8,11-13H,1,9-10H2,2-7H3. The highest BCUT2D eigenvalue weighted by atomic mass is 28.4. The largest absolute Gasteiger partial charge is 0.518 e. The van der Waals surface area contributed by atoms with Crippen molar-refractivity contribution in [2.24, 2.45) is 0 Å². The van der Waals surface area contributed by atoms with E-state index in [0.29, 0.717) is 16.6 Å². The van der Waals surface area contributed by atoms with Crippen molar-refractivity contribution in [1.29, 1.82) is 0 Å². The maximum Gasteiger partial charge on any atom is 0.330 e. The molecule has 0 aromatic carbocycles. The lowest BCUT2D eigenvalue weighted by Crippen LogP contribution is -2.49. The molecule has 0 unspecified atom stereocenters.